The monoisotopic (exact) mass is 378 g/mol. The molecule has 1 aliphatic carbocycles. The second-order valence-corrected chi connectivity index (χ2v) is 9.70. The van der Waals surface area contributed by atoms with Crippen molar-refractivity contribution in [3.8, 4) is 0 Å². The van der Waals surface area contributed by atoms with Crippen molar-refractivity contribution < 1.29 is 17.9 Å². The number of hydrogen-bond donors (Lipinski definition) is 1. The van der Waals surface area contributed by atoms with Crippen LogP contribution in [0.4, 0.5) is 0 Å². The summed E-state index contributed by atoms with van der Waals surface area (Å²) < 4.78 is 33.5. The van der Waals surface area contributed by atoms with Crippen molar-refractivity contribution in [1.82, 2.24) is 9.62 Å². The zero-order chi connectivity index (χ0) is 18.4. The van der Waals surface area contributed by atoms with Gasteiger partial charge in [-0.1, -0.05) is 24.3 Å². The lowest BCUT2D eigenvalue weighted by molar-refractivity contribution is -0.133. The van der Waals surface area contributed by atoms with Crippen molar-refractivity contribution >= 4 is 15.9 Å². The molecule has 1 spiro atoms. The third kappa shape index (κ3) is 3.52. The number of ether oxygens (including phenoxy) is 1. The van der Waals surface area contributed by atoms with Gasteiger partial charge in [-0.2, -0.15) is 0 Å². The molecule has 2 aliphatic heterocycles. The summed E-state index contributed by atoms with van der Waals surface area (Å²) in [7, 11) is -3.56. The van der Waals surface area contributed by atoms with E-state index in [0.29, 0.717) is 13.1 Å². The zero-order valence-corrected chi connectivity index (χ0v) is 15.9. The molecule has 0 radical (unpaired) electrons. The fraction of sp³-hybridized carbons (Fsp3) is 0.632. The van der Waals surface area contributed by atoms with Crippen LogP contribution in [0, 0.1) is 0 Å². The second kappa shape index (κ2) is 6.62. The summed E-state index contributed by atoms with van der Waals surface area (Å²) in [5.41, 5.74) is 2.20. The number of nitrogens with one attached hydrogen (secondary N) is 1. The molecule has 4 rings (SSSR count). The summed E-state index contributed by atoms with van der Waals surface area (Å²) in [6.45, 7) is 2.69. The van der Waals surface area contributed by atoms with Gasteiger partial charge < -0.3 is 9.64 Å². The molecule has 1 amide bonds. The Bertz CT molecular complexity index is 779. The maximum Gasteiger partial charge on any atom is 0.241 e. The summed E-state index contributed by atoms with van der Waals surface area (Å²) in [4.78, 5) is 14.4. The van der Waals surface area contributed by atoms with Gasteiger partial charge in [0.15, 0.2) is 0 Å². The molecule has 0 aromatic heterocycles. The molecule has 0 bridgehead atoms. The van der Waals surface area contributed by atoms with Crippen LogP contribution in [-0.2, 0) is 32.6 Å². The van der Waals surface area contributed by atoms with E-state index in [-0.39, 0.29) is 23.4 Å². The number of sulfonamides is 1. The van der Waals surface area contributed by atoms with Crippen molar-refractivity contribution in [3.05, 3.63) is 35.4 Å². The van der Waals surface area contributed by atoms with E-state index in [1.165, 1.54) is 6.42 Å². The standard InChI is InChI=1S/C19H26N2O4S/c1-14(18(22)21-11-15-5-2-3-6-16(15)12-21)20-26(23,24)13-17-7-10-19(25-17)8-4-9-19/h2-3,5-6,14,17,20H,4,7-13H2,1H3/t14-,17?/m0/s1. The normalized spacial score (nSPS) is 25.1. The van der Waals surface area contributed by atoms with E-state index in [2.05, 4.69) is 4.72 Å². The Morgan fingerprint density at radius 3 is 2.46 bits per heavy atom. The largest absolute Gasteiger partial charge is 0.371 e. The molecule has 6 nitrogen and oxygen atoms in total. The predicted octanol–water partition coefficient (Wildman–Crippen LogP) is 1.94. The SMILES string of the molecule is C[C@H](NS(=O)(=O)CC1CCC2(CCC2)O1)C(=O)N1Cc2ccccc2C1. The number of carbonyl (C=O) groups excluding carboxylic acids is 1. The molecule has 7 heteroatoms. The molecule has 2 heterocycles. The maximum atomic E-state index is 12.7. The topological polar surface area (TPSA) is 75.7 Å². The minimum absolute atomic E-state index is 0.0526. The van der Waals surface area contributed by atoms with E-state index in [9.17, 15) is 13.2 Å². The van der Waals surface area contributed by atoms with Crippen LogP contribution < -0.4 is 4.72 Å². The summed E-state index contributed by atoms with van der Waals surface area (Å²) in [6, 6.07) is 7.15. The van der Waals surface area contributed by atoms with Crippen LogP contribution in [0.15, 0.2) is 24.3 Å². The highest BCUT2D eigenvalue weighted by Gasteiger charge is 2.45. The van der Waals surface area contributed by atoms with Crippen LogP contribution in [0.2, 0.25) is 0 Å². The molecule has 26 heavy (non-hydrogen) atoms. The van der Waals surface area contributed by atoms with Crippen LogP contribution in [-0.4, -0.2) is 42.7 Å². The van der Waals surface area contributed by atoms with Crippen molar-refractivity contribution in [2.24, 2.45) is 0 Å². The van der Waals surface area contributed by atoms with Crippen molar-refractivity contribution in [3.63, 3.8) is 0 Å². The molecule has 142 valence electrons. The number of carbonyl (C=O) groups is 1. The number of benzene rings is 1. The summed E-state index contributed by atoms with van der Waals surface area (Å²) in [5.74, 6) is -0.250. The number of hydrogen-bond acceptors (Lipinski definition) is 4. The number of fused-ring (bicyclic) bond motifs is 1. The fourth-order valence-corrected chi connectivity index (χ4v) is 5.79. The van der Waals surface area contributed by atoms with Gasteiger partial charge in [0.05, 0.1) is 23.5 Å². The van der Waals surface area contributed by atoms with Gasteiger partial charge in [0.1, 0.15) is 0 Å². The first kappa shape index (κ1) is 17.9. The van der Waals surface area contributed by atoms with Crippen LogP contribution in [0.1, 0.15) is 50.2 Å². The third-order valence-electron chi connectivity index (χ3n) is 5.89. The molecule has 1 aromatic carbocycles. The molecule has 1 unspecified atom stereocenters. The van der Waals surface area contributed by atoms with Gasteiger partial charge in [-0.3, -0.25) is 4.79 Å². The van der Waals surface area contributed by atoms with Crippen LogP contribution >= 0.6 is 0 Å². The Balaban J connectivity index is 1.32. The predicted molar refractivity (Wildman–Crippen MR) is 97.8 cm³/mol. The van der Waals surface area contributed by atoms with Gasteiger partial charge in [-0.25, -0.2) is 13.1 Å². The molecule has 1 N–H and O–H groups in total. The second-order valence-electron chi connectivity index (χ2n) is 7.90. The van der Waals surface area contributed by atoms with Gasteiger partial charge in [-0.05, 0) is 50.2 Å². The van der Waals surface area contributed by atoms with Gasteiger partial charge in [0.2, 0.25) is 15.9 Å². The average molecular weight is 378 g/mol. The highest BCUT2D eigenvalue weighted by molar-refractivity contribution is 7.89. The zero-order valence-electron chi connectivity index (χ0n) is 15.1. The molecular formula is C19H26N2O4S. The Morgan fingerprint density at radius 2 is 1.92 bits per heavy atom. The molecule has 3 aliphatic rings. The number of rotatable bonds is 5. The first-order chi connectivity index (χ1) is 12.4. The molecule has 1 aromatic rings. The lowest BCUT2D eigenvalue weighted by Gasteiger charge is -2.37. The van der Waals surface area contributed by atoms with Crippen molar-refractivity contribution in [1.29, 1.82) is 0 Å². The van der Waals surface area contributed by atoms with Crippen molar-refractivity contribution in [2.45, 2.75) is 69.9 Å². The lowest BCUT2D eigenvalue weighted by Crippen LogP contribution is -2.47. The Kier molecular flexibility index (Phi) is 4.57. The summed E-state index contributed by atoms with van der Waals surface area (Å²) >= 11 is 0. The minimum Gasteiger partial charge on any atom is -0.371 e. The van der Waals surface area contributed by atoms with E-state index in [1.807, 2.05) is 24.3 Å². The van der Waals surface area contributed by atoms with Gasteiger partial charge in [-0.15, -0.1) is 0 Å². The number of nitrogens with zero attached hydrogens (tertiary/aromatic N) is 1. The van der Waals surface area contributed by atoms with Crippen LogP contribution in [0.25, 0.3) is 0 Å². The summed E-state index contributed by atoms with van der Waals surface area (Å²) in [5, 5.41) is 0. The third-order valence-corrected chi connectivity index (χ3v) is 7.41. The molecule has 2 atom stereocenters. The average Bonchev–Trinajstić information content (AvgIpc) is 3.16. The maximum absolute atomic E-state index is 12.7. The molecule has 1 saturated heterocycles. The summed E-state index contributed by atoms with van der Waals surface area (Å²) in [6.07, 6.45) is 4.73. The van der Waals surface area contributed by atoms with Crippen LogP contribution in [0.3, 0.4) is 0 Å². The lowest BCUT2D eigenvalue weighted by atomic mass is 9.78. The van der Waals surface area contributed by atoms with E-state index in [1.54, 1.807) is 11.8 Å². The van der Waals surface area contributed by atoms with E-state index in [4.69, 9.17) is 4.74 Å². The Hall–Kier alpha value is -1.44. The van der Waals surface area contributed by atoms with Gasteiger partial charge in [0.25, 0.3) is 0 Å². The van der Waals surface area contributed by atoms with Gasteiger partial charge >= 0.3 is 0 Å². The van der Waals surface area contributed by atoms with E-state index >= 15 is 0 Å². The van der Waals surface area contributed by atoms with E-state index < -0.39 is 16.1 Å². The molecule has 1 saturated carbocycles. The first-order valence-corrected chi connectivity index (χ1v) is 11.0. The van der Waals surface area contributed by atoms with E-state index in [0.717, 1.165) is 36.8 Å². The fourth-order valence-electron chi connectivity index (χ4n) is 4.33. The highest BCUT2D eigenvalue weighted by Crippen LogP contribution is 2.45. The smallest absolute Gasteiger partial charge is 0.241 e. The van der Waals surface area contributed by atoms with Crippen molar-refractivity contribution in [2.75, 3.05) is 5.75 Å². The highest BCUT2D eigenvalue weighted by atomic mass is 32.2. The molecule has 2 fully saturated rings. The quantitative estimate of drug-likeness (QED) is 0.850. The first-order valence-electron chi connectivity index (χ1n) is 9.39. The van der Waals surface area contributed by atoms with Gasteiger partial charge in [0, 0.05) is 13.1 Å². The minimum atomic E-state index is -3.56. The molecular weight excluding hydrogens is 352 g/mol. The Labute approximate surface area is 155 Å². The number of amides is 1. The van der Waals surface area contributed by atoms with Crippen LogP contribution in [0.5, 0.6) is 0 Å². The Morgan fingerprint density at radius 1 is 1.27 bits per heavy atom.